The van der Waals surface area contributed by atoms with E-state index in [1.807, 2.05) is 0 Å². The average molecular weight is 703 g/mol. The molecule has 0 saturated heterocycles. The number of carboxylic acid groups (broad SMARTS) is 2. The normalized spacial score (nSPS) is 11.0. The van der Waals surface area contributed by atoms with Crippen LogP contribution < -0.4 is 4.74 Å². The predicted octanol–water partition coefficient (Wildman–Crippen LogP) is 11.3. The highest BCUT2D eigenvalue weighted by atomic mass is 32.2. The zero-order valence-electron chi connectivity index (χ0n) is 29.6. The number of ketones is 2. The first-order chi connectivity index (χ1) is 24.3. The summed E-state index contributed by atoms with van der Waals surface area (Å²) < 4.78 is 5.86. The van der Waals surface area contributed by atoms with Crippen molar-refractivity contribution in [1.29, 1.82) is 0 Å². The van der Waals surface area contributed by atoms with Gasteiger partial charge in [-0.2, -0.15) is 0 Å². The van der Waals surface area contributed by atoms with E-state index >= 15 is 0 Å². The smallest absolute Gasteiger partial charge is 0.336 e. The Morgan fingerprint density at radius 3 is 1.76 bits per heavy atom. The Morgan fingerprint density at radius 2 is 1.20 bits per heavy atom. The molecule has 0 spiro atoms. The number of unbranched alkanes of at least 4 members (excludes halogenated alkanes) is 15. The molecule has 0 unspecified atom stereocenters. The van der Waals surface area contributed by atoms with Crippen LogP contribution >= 0.6 is 11.8 Å². The summed E-state index contributed by atoms with van der Waals surface area (Å²) in [5, 5.41) is 19.0. The molecule has 0 bridgehead atoms. The molecular weight excluding hydrogens is 649 g/mol. The topological polar surface area (TPSA) is 118 Å². The van der Waals surface area contributed by atoms with Crippen molar-refractivity contribution in [3.05, 3.63) is 89.0 Å². The molecule has 0 fully saturated rings. The molecule has 0 amide bonds. The second kappa shape index (κ2) is 23.5. The van der Waals surface area contributed by atoms with Gasteiger partial charge in [-0.1, -0.05) is 127 Å². The van der Waals surface area contributed by atoms with Crippen molar-refractivity contribution in [3.63, 3.8) is 0 Å². The summed E-state index contributed by atoms with van der Waals surface area (Å²) in [6.07, 6.45) is 20.8. The van der Waals surface area contributed by atoms with Gasteiger partial charge in [0.05, 0.1) is 24.2 Å². The van der Waals surface area contributed by atoms with Crippen molar-refractivity contribution >= 4 is 35.3 Å². The van der Waals surface area contributed by atoms with Gasteiger partial charge in [0.15, 0.2) is 5.78 Å². The van der Waals surface area contributed by atoms with Crippen molar-refractivity contribution in [2.45, 2.75) is 132 Å². The molecule has 0 radical (unpaired) electrons. The van der Waals surface area contributed by atoms with Crippen LogP contribution in [0.3, 0.4) is 0 Å². The standard InChI is InChI=1S/C42H54O7S/c1-2-3-4-5-6-7-8-9-10-11-12-13-14-15-16-17-27-49-36-24-22-33(23-25-36)39(44)31-35(43)28-32-21-26-40(38(29-32)42(47)48)50-37-20-18-19-34(30-37)41(45)46/h18-26,29-30H,2-17,27-28,31H2,1H3,(H,45,46)(H,47,48). The van der Waals surface area contributed by atoms with E-state index in [4.69, 9.17) is 4.74 Å². The third-order valence-corrected chi connectivity index (χ3v) is 9.85. The highest BCUT2D eigenvalue weighted by Gasteiger charge is 2.17. The first-order valence-corrected chi connectivity index (χ1v) is 19.2. The van der Waals surface area contributed by atoms with E-state index in [0.29, 0.717) is 33.3 Å². The summed E-state index contributed by atoms with van der Waals surface area (Å²) in [5.74, 6) is -2.15. The third-order valence-electron chi connectivity index (χ3n) is 8.79. The van der Waals surface area contributed by atoms with Crippen LogP contribution in [-0.4, -0.2) is 40.3 Å². The Labute approximate surface area is 302 Å². The van der Waals surface area contributed by atoms with Crippen LogP contribution in [-0.2, 0) is 11.2 Å². The molecule has 0 saturated carbocycles. The van der Waals surface area contributed by atoms with Gasteiger partial charge in [0.1, 0.15) is 11.5 Å². The van der Waals surface area contributed by atoms with Crippen LogP contribution in [0.5, 0.6) is 5.75 Å². The molecule has 0 aliphatic heterocycles. The van der Waals surface area contributed by atoms with Gasteiger partial charge < -0.3 is 14.9 Å². The molecule has 3 aromatic rings. The molecule has 0 aliphatic carbocycles. The van der Waals surface area contributed by atoms with Crippen LogP contribution in [0, 0.1) is 0 Å². The van der Waals surface area contributed by atoms with E-state index in [9.17, 15) is 29.4 Å². The summed E-state index contributed by atoms with van der Waals surface area (Å²) in [6, 6.07) is 17.8. The van der Waals surface area contributed by atoms with E-state index in [1.165, 1.54) is 108 Å². The van der Waals surface area contributed by atoms with Crippen LogP contribution in [0.1, 0.15) is 153 Å². The number of carbonyl (C=O) groups is 4. The fourth-order valence-electron chi connectivity index (χ4n) is 5.91. The highest BCUT2D eigenvalue weighted by Crippen LogP contribution is 2.32. The molecule has 3 aromatic carbocycles. The number of Topliss-reactive ketones (excluding diaryl/α,β-unsaturated/α-hetero) is 2. The summed E-state index contributed by atoms with van der Waals surface area (Å²) >= 11 is 1.13. The van der Waals surface area contributed by atoms with Crippen LogP contribution in [0.15, 0.2) is 76.5 Å². The van der Waals surface area contributed by atoms with Gasteiger partial charge in [-0.3, -0.25) is 9.59 Å². The molecule has 0 atom stereocenters. The Kier molecular flexibility index (Phi) is 19.0. The van der Waals surface area contributed by atoms with Crippen LogP contribution in [0.2, 0.25) is 0 Å². The second-order valence-electron chi connectivity index (χ2n) is 13.1. The van der Waals surface area contributed by atoms with E-state index < -0.39 is 11.9 Å². The number of aromatic carboxylic acids is 2. The Bertz CT molecular complexity index is 1500. The monoisotopic (exact) mass is 702 g/mol. The molecule has 50 heavy (non-hydrogen) atoms. The molecule has 0 aromatic heterocycles. The lowest BCUT2D eigenvalue weighted by molar-refractivity contribution is -0.117. The van der Waals surface area contributed by atoms with E-state index in [1.54, 1.807) is 48.5 Å². The number of carboxylic acids is 2. The Hall–Kier alpha value is -3.91. The largest absolute Gasteiger partial charge is 0.494 e. The van der Waals surface area contributed by atoms with Crippen molar-refractivity contribution in [2.75, 3.05) is 6.61 Å². The first kappa shape index (κ1) is 40.5. The zero-order chi connectivity index (χ0) is 36.0. The average Bonchev–Trinajstić information content (AvgIpc) is 3.10. The summed E-state index contributed by atoms with van der Waals surface area (Å²) in [7, 11) is 0. The predicted molar refractivity (Wildman–Crippen MR) is 200 cm³/mol. The Balaban J connectivity index is 1.30. The quantitative estimate of drug-likeness (QED) is 0.0458. The molecule has 0 heterocycles. The van der Waals surface area contributed by atoms with Gasteiger partial charge in [0.25, 0.3) is 0 Å². The third kappa shape index (κ3) is 15.8. The maximum absolute atomic E-state index is 12.8. The lowest BCUT2D eigenvalue weighted by atomic mass is 10.0. The van der Waals surface area contributed by atoms with Crippen LogP contribution in [0.4, 0.5) is 0 Å². The van der Waals surface area contributed by atoms with Gasteiger partial charge in [-0.25, -0.2) is 9.59 Å². The van der Waals surface area contributed by atoms with Gasteiger partial charge in [0.2, 0.25) is 0 Å². The number of carbonyl (C=O) groups excluding carboxylic acids is 2. The molecule has 0 aliphatic rings. The lowest BCUT2D eigenvalue weighted by Gasteiger charge is -2.09. The molecule has 2 N–H and O–H groups in total. The molecular formula is C42H54O7S. The maximum atomic E-state index is 12.8. The number of hydrogen-bond donors (Lipinski definition) is 2. The molecule has 270 valence electrons. The van der Waals surface area contributed by atoms with E-state index in [0.717, 1.165) is 24.6 Å². The van der Waals surface area contributed by atoms with Gasteiger partial charge in [0, 0.05) is 21.8 Å². The minimum absolute atomic E-state index is 0.00234. The fraction of sp³-hybridized carbons (Fsp3) is 0.476. The second-order valence-corrected chi connectivity index (χ2v) is 14.2. The minimum atomic E-state index is -1.16. The van der Waals surface area contributed by atoms with Crippen molar-refractivity contribution in [3.8, 4) is 5.75 Å². The first-order valence-electron chi connectivity index (χ1n) is 18.4. The van der Waals surface area contributed by atoms with Gasteiger partial charge >= 0.3 is 11.9 Å². The number of rotatable bonds is 27. The minimum Gasteiger partial charge on any atom is -0.494 e. The number of benzene rings is 3. The zero-order valence-corrected chi connectivity index (χ0v) is 30.4. The molecule has 8 heteroatoms. The maximum Gasteiger partial charge on any atom is 0.336 e. The summed E-state index contributed by atoms with van der Waals surface area (Å²) in [4.78, 5) is 49.8. The van der Waals surface area contributed by atoms with Gasteiger partial charge in [-0.15, -0.1) is 0 Å². The number of hydrogen-bond acceptors (Lipinski definition) is 6. The fourth-order valence-corrected chi connectivity index (χ4v) is 6.89. The van der Waals surface area contributed by atoms with Crippen molar-refractivity contribution < 1.29 is 34.1 Å². The van der Waals surface area contributed by atoms with E-state index in [-0.39, 0.29) is 35.5 Å². The van der Waals surface area contributed by atoms with Crippen molar-refractivity contribution in [2.24, 2.45) is 0 Å². The summed E-state index contributed by atoms with van der Waals surface area (Å²) in [6.45, 7) is 2.90. The highest BCUT2D eigenvalue weighted by molar-refractivity contribution is 7.99. The van der Waals surface area contributed by atoms with E-state index in [2.05, 4.69) is 6.92 Å². The molecule has 7 nitrogen and oxygen atoms in total. The Morgan fingerprint density at radius 1 is 0.620 bits per heavy atom. The molecule has 3 rings (SSSR count). The number of ether oxygens (including phenoxy) is 1. The van der Waals surface area contributed by atoms with Gasteiger partial charge in [-0.05, 0) is 66.6 Å². The summed E-state index contributed by atoms with van der Waals surface area (Å²) in [5.41, 5.74) is 1.02. The lowest BCUT2D eigenvalue weighted by Crippen LogP contribution is -2.11. The van der Waals surface area contributed by atoms with Crippen LogP contribution in [0.25, 0.3) is 0 Å². The van der Waals surface area contributed by atoms with Crippen molar-refractivity contribution in [1.82, 2.24) is 0 Å². The SMILES string of the molecule is CCCCCCCCCCCCCCCCCCOc1ccc(C(=O)CC(=O)Cc2ccc(Sc3cccc(C(=O)O)c3)c(C(=O)O)c2)cc1.